The second-order valence-corrected chi connectivity index (χ2v) is 5.78. The van der Waals surface area contributed by atoms with E-state index in [0.717, 1.165) is 0 Å². The monoisotopic (exact) mass is 360 g/mol. The number of amides is 2. The van der Waals surface area contributed by atoms with Gasteiger partial charge in [-0.15, -0.1) is 0 Å². The molecule has 0 radical (unpaired) electrons. The summed E-state index contributed by atoms with van der Waals surface area (Å²) in [4.78, 5) is 25.2. The van der Waals surface area contributed by atoms with Crippen LogP contribution in [0, 0.1) is 0 Å². The van der Waals surface area contributed by atoms with Gasteiger partial charge in [-0.2, -0.15) is 0 Å². The summed E-state index contributed by atoms with van der Waals surface area (Å²) < 4.78 is 0. The van der Waals surface area contributed by atoms with Crippen molar-refractivity contribution < 1.29 is 19.6 Å². The predicted octanol–water partition coefficient (Wildman–Crippen LogP) is 1.87. The van der Waals surface area contributed by atoms with Gasteiger partial charge in [-0.25, -0.2) is 0 Å². The van der Waals surface area contributed by atoms with Crippen LogP contribution < -0.4 is 16.1 Å². The minimum Gasteiger partial charge on any atom is -0.423 e. The maximum Gasteiger partial charge on any atom is 0.490 e. The van der Waals surface area contributed by atoms with Crippen molar-refractivity contribution >= 4 is 35.8 Å². The number of para-hydroxylation sites is 2. The van der Waals surface area contributed by atoms with Crippen LogP contribution in [-0.4, -0.2) is 29.0 Å². The summed E-state index contributed by atoms with van der Waals surface area (Å²) in [5.41, 5.74) is 0.975. The highest BCUT2D eigenvalue weighted by atomic mass is 16.4. The molecule has 0 unspecified atom stereocenters. The van der Waals surface area contributed by atoms with E-state index in [1.54, 1.807) is 48.5 Å². The van der Waals surface area contributed by atoms with E-state index in [1.807, 2.05) is 12.1 Å². The Hall–Kier alpha value is -3.42. The molecule has 2 amide bonds. The molecule has 0 spiro atoms. The quantitative estimate of drug-likeness (QED) is 0.522. The molecule has 7 heteroatoms. The minimum absolute atomic E-state index is 0.00886. The van der Waals surface area contributed by atoms with E-state index >= 15 is 0 Å². The topological polar surface area (TPSA) is 98.7 Å². The third kappa shape index (κ3) is 4.41. The van der Waals surface area contributed by atoms with Gasteiger partial charge in [0.2, 0.25) is 0 Å². The highest BCUT2D eigenvalue weighted by Crippen LogP contribution is 2.12. The number of carbonyl (C=O) groups is 2. The number of rotatable bonds is 5. The van der Waals surface area contributed by atoms with Crippen LogP contribution >= 0.6 is 0 Å². The van der Waals surface area contributed by atoms with Gasteiger partial charge in [0.1, 0.15) is 0 Å². The Morgan fingerprint density at radius 1 is 0.630 bits per heavy atom. The van der Waals surface area contributed by atoms with Crippen molar-refractivity contribution in [1.29, 1.82) is 0 Å². The first-order chi connectivity index (χ1) is 13.1. The third-order valence-electron chi connectivity index (χ3n) is 3.92. The minimum atomic E-state index is -1.99. The van der Waals surface area contributed by atoms with Crippen molar-refractivity contribution in [2.24, 2.45) is 0 Å². The molecule has 6 nitrogen and oxygen atoms in total. The number of benzene rings is 3. The van der Waals surface area contributed by atoms with Crippen molar-refractivity contribution in [3.05, 3.63) is 90.0 Å². The molecule has 0 saturated heterocycles. The standard InChI is InChI=1S/C20H17BN2O4/c24-19(22-14-8-3-1-4-9-14)16-12-7-13-17(18(16)21(26)27)20(25)23-15-10-5-2-6-11-15/h1-13,26-27H,(H,22,24)(H,23,25). The van der Waals surface area contributed by atoms with Crippen molar-refractivity contribution in [3.63, 3.8) is 0 Å². The third-order valence-corrected chi connectivity index (χ3v) is 3.92. The Morgan fingerprint density at radius 3 is 1.41 bits per heavy atom. The van der Waals surface area contributed by atoms with Crippen molar-refractivity contribution in [1.82, 2.24) is 0 Å². The largest absolute Gasteiger partial charge is 0.490 e. The summed E-state index contributed by atoms with van der Waals surface area (Å²) in [6, 6.07) is 21.9. The predicted molar refractivity (Wildman–Crippen MR) is 105 cm³/mol. The molecule has 4 N–H and O–H groups in total. The van der Waals surface area contributed by atoms with Crippen molar-refractivity contribution in [2.45, 2.75) is 0 Å². The molecule has 0 fully saturated rings. The van der Waals surface area contributed by atoms with Crippen LogP contribution in [0.3, 0.4) is 0 Å². The van der Waals surface area contributed by atoms with Gasteiger partial charge >= 0.3 is 7.12 Å². The fourth-order valence-electron chi connectivity index (χ4n) is 2.68. The average molecular weight is 360 g/mol. The second-order valence-electron chi connectivity index (χ2n) is 5.78. The van der Waals surface area contributed by atoms with Gasteiger partial charge < -0.3 is 20.7 Å². The lowest BCUT2D eigenvalue weighted by molar-refractivity contribution is 0.102. The first-order valence-corrected chi connectivity index (χ1v) is 8.28. The molecule has 3 rings (SSSR count). The lowest BCUT2D eigenvalue weighted by atomic mass is 9.73. The fourth-order valence-corrected chi connectivity index (χ4v) is 2.68. The van der Waals surface area contributed by atoms with Gasteiger partial charge in [0.15, 0.2) is 0 Å². The summed E-state index contributed by atoms with van der Waals surface area (Å²) in [7, 11) is -1.99. The maximum atomic E-state index is 12.6. The van der Waals surface area contributed by atoms with Crippen LogP contribution in [-0.2, 0) is 0 Å². The molecule has 0 heterocycles. The Labute approximate surface area is 156 Å². The lowest BCUT2D eigenvalue weighted by Gasteiger charge is -2.14. The Kier molecular flexibility index (Phi) is 5.66. The highest BCUT2D eigenvalue weighted by Gasteiger charge is 2.27. The van der Waals surface area contributed by atoms with E-state index in [1.165, 1.54) is 18.2 Å². The van der Waals surface area contributed by atoms with E-state index in [9.17, 15) is 19.6 Å². The summed E-state index contributed by atoms with van der Waals surface area (Å²) in [5, 5.41) is 25.0. The molecule has 3 aromatic rings. The Morgan fingerprint density at radius 2 is 1.04 bits per heavy atom. The summed E-state index contributed by atoms with van der Waals surface area (Å²) in [5.74, 6) is -1.09. The van der Waals surface area contributed by atoms with Gasteiger partial charge in [0.05, 0.1) is 0 Å². The first kappa shape index (κ1) is 18.4. The van der Waals surface area contributed by atoms with Crippen molar-refractivity contribution in [3.8, 4) is 0 Å². The molecular formula is C20H17BN2O4. The molecule has 27 heavy (non-hydrogen) atoms. The number of nitrogens with one attached hydrogen (secondary N) is 2. The van der Waals surface area contributed by atoms with Crippen LogP contribution in [0.2, 0.25) is 0 Å². The molecule has 0 aromatic heterocycles. The van der Waals surface area contributed by atoms with Crippen LogP contribution in [0.25, 0.3) is 0 Å². The molecule has 0 bridgehead atoms. The zero-order chi connectivity index (χ0) is 19.2. The number of anilines is 2. The Balaban J connectivity index is 1.92. The summed E-state index contributed by atoms with van der Waals surface area (Å²) in [6.07, 6.45) is 0. The van der Waals surface area contributed by atoms with Crippen LogP contribution in [0.15, 0.2) is 78.9 Å². The molecule has 0 aliphatic heterocycles. The number of carbonyl (C=O) groups excluding carboxylic acids is 2. The summed E-state index contributed by atoms with van der Waals surface area (Å²) >= 11 is 0. The smallest absolute Gasteiger partial charge is 0.423 e. The number of hydrogen-bond donors (Lipinski definition) is 4. The number of hydrogen-bond acceptors (Lipinski definition) is 4. The molecule has 134 valence electrons. The first-order valence-electron chi connectivity index (χ1n) is 8.28. The van der Waals surface area contributed by atoms with E-state index in [2.05, 4.69) is 10.6 Å². The Bertz CT molecular complexity index is 875. The molecule has 0 aliphatic carbocycles. The van der Waals surface area contributed by atoms with Crippen LogP contribution in [0.5, 0.6) is 0 Å². The lowest BCUT2D eigenvalue weighted by Crippen LogP contribution is -2.41. The van der Waals surface area contributed by atoms with Crippen molar-refractivity contribution in [2.75, 3.05) is 10.6 Å². The fraction of sp³-hybridized carbons (Fsp3) is 0. The summed E-state index contributed by atoms with van der Waals surface area (Å²) in [6.45, 7) is 0. The van der Waals surface area contributed by atoms with Gasteiger partial charge in [0, 0.05) is 28.0 Å². The second kappa shape index (κ2) is 8.31. The van der Waals surface area contributed by atoms with E-state index in [-0.39, 0.29) is 16.6 Å². The van der Waals surface area contributed by atoms with E-state index in [0.29, 0.717) is 11.4 Å². The highest BCUT2D eigenvalue weighted by molar-refractivity contribution is 6.62. The van der Waals surface area contributed by atoms with Gasteiger partial charge in [-0.1, -0.05) is 42.5 Å². The molecule has 0 atom stereocenters. The van der Waals surface area contributed by atoms with E-state index < -0.39 is 18.9 Å². The van der Waals surface area contributed by atoms with Gasteiger partial charge in [-0.3, -0.25) is 9.59 Å². The average Bonchev–Trinajstić information content (AvgIpc) is 2.68. The molecule has 0 saturated carbocycles. The maximum absolute atomic E-state index is 12.6. The molecule has 0 aliphatic rings. The molecule has 3 aromatic carbocycles. The zero-order valence-corrected chi connectivity index (χ0v) is 14.3. The van der Waals surface area contributed by atoms with Crippen LogP contribution in [0.1, 0.15) is 20.7 Å². The normalized spacial score (nSPS) is 10.1. The van der Waals surface area contributed by atoms with Crippen LogP contribution in [0.4, 0.5) is 11.4 Å². The molecular weight excluding hydrogens is 343 g/mol. The van der Waals surface area contributed by atoms with Gasteiger partial charge in [0.25, 0.3) is 11.8 Å². The SMILES string of the molecule is O=C(Nc1ccccc1)c1cccc(C(=O)Nc2ccccc2)c1B(O)O. The van der Waals surface area contributed by atoms with E-state index in [4.69, 9.17) is 0 Å². The zero-order valence-electron chi connectivity index (χ0n) is 14.3. The van der Waals surface area contributed by atoms with Gasteiger partial charge in [-0.05, 0) is 36.4 Å².